The van der Waals surface area contributed by atoms with Gasteiger partial charge >= 0.3 is 0 Å². The van der Waals surface area contributed by atoms with Gasteiger partial charge in [0.25, 0.3) is 5.91 Å². The minimum Gasteiger partial charge on any atom is -0.387 e. The lowest BCUT2D eigenvalue weighted by molar-refractivity contribution is 0.0790. The third kappa shape index (κ3) is 3.77. The Kier molecular flexibility index (Phi) is 5.01. The Bertz CT molecular complexity index is 374. The molecule has 0 atom stereocenters. The van der Waals surface area contributed by atoms with Crippen molar-refractivity contribution in [1.29, 1.82) is 0 Å². The quantitative estimate of drug-likeness (QED) is 0.849. The predicted molar refractivity (Wildman–Crippen MR) is 72.4 cm³/mol. The number of anilines is 1. The maximum atomic E-state index is 12.2. The van der Waals surface area contributed by atoms with Crippen LogP contribution >= 0.6 is 0 Å². The molecule has 0 aliphatic carbocycles. The maximum Gasteiger partial charge on any atom is 0.255 e. The van der Waals surface area contributed by atoms with Crippen molar-refractivity contribution in [2.45, 2.75) is 20.3 Å². The van der Waals surface area contributed by atoms with Crippen LogP contribution in [0.15, 0.2) is 24.3 Å². The van der Waals surface area contributed by atoms with E-state index in [2.05, 4.69) is 19.2 Å². The third-order valence-electron chi connectivity index (χ3n) is 2.82. The van der Waals surface area contributed by atoms with Crippen molar-refractivity contribution >= 4 is 11.6 Å². The molecule has 1 aromatic carbocycles. The molecule has 1 N–H and O–H groups in total. The summed E-state index contributed by atoms with van der Waals surface area (Å²) in [6.07, 6.45) is 1.03. The highest BCUT2D eigenvalue weighted by molar-refractivity contribution is 5.99. The molecule has 0 saturated carbocycles. The van der Waals surface area contributed by atoms with Crippen LogP contribution in [-0.4, -0.2) is 31.4 Å². The van der Waals surface area contributed by atoms with Gasteiger partial charge in [0.2, 0.25) is 0 Å². The van der Waals surface area contributed by atoms with Crippen LogP contribution in [0.5, 0.6) is 0 Å². The van der Waals surface area contributed by atoms with Crippen molar-refractivity contribution < 1.29 is 4.79 Å². The zero-order valence-electron chi connectivity index (χ0n) is 11.2. The van der Waals surface area contributed by atoms with Gasteiger partial charge in [-0.25, -0.2) is 0 Å². The lowest BCUT2D eigenvalue weighted by Gasteiger charge is -2.19. The van der Waals surface area contributed by atoms with E-state index in [1.165, 1.54) is 0 Å². The highest BCUT2D eigenvalue weighted by Crippen LogP contribution is 2.16. The van der Waals surface area contributed by atoms with Crippen LogP contribution in [0.2, 0.25) is 0 Å². The average Bonchev–Trinajstić information content (AvgIpc) is 2.34. The molecule has 0 bridgehead atoms. The fourth-order valence-corrected chi connectivity index (χ4v) is 1.65. The number of benzene rings is 1. The molecule has 0 radical (unpaired) electrons. The van der Waals surface area contributed by atoms with E-state index in [0.717, 1.165) is 24.2 Å². The molecule has 94 valence electrons. The smallest absolute Gasteiger partial charge is 0.255 e. The van der Waals surface area contributed by atoms with Gasteiger partial charge in [-0.05, 0) is 24.5 Å². The summed E-state index contributed by atoms with van der Waals surface area (Å²) < 4.78 is 0. The number of hydrogen-bond acceptors (Lipinski definition) is 2. The van der Waals surface area contributed by atoms with Crippen LogP contribution in [0.4, 0.5) is 5.69 Å². The first-order valence-corrected chi connectivity index (χ1v) is 6.08. The minimum atomic E-state index is 0.0793. The summed E-state index contributed by atoms with van der Waals surface area (Å²) in [4.78, 5) is 14.0. The van der Waals surface area contributed by atoms with Crippen LogP contribution in [0.25, 0.3) is 0 Å². The summed E-state index contributed by atoms with van der Waals surface area (Å²) in [7, 11) is 3.69. The molecule has 17 heavy (non-hydrogen) atoms. The number of nitrogens with zero attached hydrogens (tertiary/aromatic N) is 1. The number of nitrogens with one attached hydrogen (secondary N) is 1. The molecule has 0 heterocycles. The number of carbonyl (C=O) groups is 1. The number of amides is 1. The van der Waals surface area contributed by atoms with Crippen LogP contribution < -0.4 is 5.32 Å². The largest absolute Gasteiger partial charge is 0.387 e. The molecular formula is C14H22N2O. The van der Waals surface area contributed by atoms with E-state index in [4.69, 9.17) is 0 Å². The highest BCUT2D eigenvalue weighted by atomic mass is 16.2. The molecule has 0 spiro atoms. The standard InChI is InChI=1S/C14H22N2O/c1-11(2)9-10-16(4)14(17)12-7-5-6-8-13(12)15-3/h5-8,11,15H,9-10H2,1-4H3. The molecule has 3 heteroatoms. The first-order valence-electron chi connectivity index (χ1n) is 6.08. The molecule has 0 unspecified atom stereocenters. The van der Waals surface area contributed by atoms with Crippen molar-refractivity contribution in [3.05, 3.63) is 29.8 Å². The van der Waals surface area contributed by atoms with E-state index in [1.807, 2.05) is 38.4 Å². The Hall–Kier alpha value is -1.51. The fraction of sp³-hybridized carbons (Fsp3) is 0.500. The Balaban J connectivity index is 2.74. The minimum absolute atomic E-state index is 0.0793. The lowest BCUT2D eigenvalue weighted by atomic mass is 10.1. The molecule has 0 fully saturated rings. The zero-order valence-corrected chi connectivity index (χ0v) is 11.2. The van der Waals surface area contributed by atoms with Crippen LogP contribution in [0.1, 0.15) is 30.6 Å². The Morgan fingerprint density at radius 3 is 2.59 bits per heavy atom. The Morgan fingerprint density at radius 2 is 2.00 bits per heavy atom. The van der Waals surface area contributed by atoms with Crippen molar-refractivity contribution in [3.63, 3.8) is 0 Å². The van der Waals surface area contributed by atoms with E-state index in [1.54, 1.807) is 4.90 Å². The normalized spacial score (nSPS) is 10.4. The SMILES string of the molecule is CNc1ccccc1C(=O)N(C)CCC(C)C. The van der Waals surface area contributed by atoms with E-state index < -0.39 is 0 Å². The summed E-state index contributed by atoms with van der Waals surface area (Å²) in [5, 5.41) is 3.05. The van der Waals surface area contributed by atoms with Crippen LogP contribution in [0, 0.1) is 5.92 Å². The maximum absolute atomic E-state index is 12.2. The predicted octanol–water partition coefficient (Wildman–Crippen LogP) is 2.85. The lowest BCUT2D eigenvalue weighted by Crippen LogP contribution is -2.29. The summed E-state index contributed by atoms with van der Waals surface area (Å²) in [5.41, 5.74) is 1.62. The molecule has 1 amide bonds. The van der Waals surface area contributed by atoms with Crippen molar-refractivity contribution in [3.8, 4) is 0 Å². The van der Waals surface area contributed by atoms with E-state index >= 15 is 0 Å². The van der Waals surface area contributed by atoms with Gasteiger partial charge in [-0.3, -0.25) is 4.79 Å². The molecule has 1 aromatic rings. The van der Waals surface area contributed by atoms with Crippen LogP contribution in [0.3, 0.4) is 0 Å². The van der Waals surface area contributed by atoms with Gasteiger partial charge in [-0.1, -0.05) is 26.0 Å². The van der Waals surface area contributed by atoms with Gasteiger partial charge in [-0.15, -0.1) is 0 Å². The third-order valence-corrected chi connectivity index (χ3v) is 2.82. The first kappa shape index (κ1) is 13.6. The van der Waals surface area contributed by atoms with E-state index in [-0.39, 0.29) is 5.91 Å². The highest BCUT2D eigenvalue weighted by Gasteiger charge is 2.14. The van der Waals surface area contributed by atoms with Gasteiger partial charge in [-0.2, -0.15) is 0 Å². The van der Waals surface area contributed by atoms with Gasteiger partial charge in [0.05, 0.1) is 5.56 Å². The molecule has 0 aliphatic rings. The second-order valence-electron chi connectivity index (χ2n) is 4.70. The number of rotatable bonds is 5. The van der Waals surface area contributed by atoms with E-state index in [0.29, 0.717) is 5.92 Å². The van der Waals surface area contributed by atoms with Crippen molar-refractivity contribution in [2.24, 2.45) is 5.92 Å². The Labute approximate surface area is 104 Å². The number of para-hydroxylation sites is 1. The van der Waals surface area contributed by atoms with E-state index in [9.17, 15) is 4.79 Å². The van der Waals surface area contributed by atoms with Crippen LogP contribution in [-0.2, 0) is 0 Å². The molecule has 3 nitrogen and oxygen atoms in total. The van der Waals surface area contributed by atoms with Crippen molar-refractivity contribution in [1.82, 2.24) is 4.90 Å². The zero-order chi connectivity index (χ0) is 12.8. The van der Waals surface area contributed by atoms with Gasteiger partial charge in [0.1, 0.15) is 0 Å². The summed E-state index contributed by atoms with van der Waals surface area (Å²) in [6.45, 7) is 5.13. The fourth-order valence-electron chi connectivity index (χ4n) is 1.65. The summed E-state index contributed by atoms with van der Waals surface area (Å²) >= 11 is 0. The molecule has 0 aromatic heterocycles. The van der Waals surface area contributed by atoms with Crippen molar-refractivity contribution in [2.75, 3.05) is 26.0 Å². The molecule has 0 saturated heterocycles. The average molecular weight is 234 g/mol. The second-order valence-corrected chi connectivity index (χ2v) is 4.70. The summed E-state index contributed by atoms with van der Waals surface area (Å²) in [5.74, 6) is 0.695. The Morgan fingerprint density at radius 1 is 1.35 bits per heavy atom. The molecular weight excluding hydrogens is 212 g/mol. The molecule has 1 rings (SSSR count). The summed E-state index contributed by atoms with van der Waals surface area (Å²) in [6, 6.07) is 7.60. The topological polar surface area (TPSA) is 32.3 Å². The number of hydrogen-bond donors (Lipinski definition) is 1. The first-order chi connectivity index (χ1) is 8.06. The van der Waals surface area contributed by atoms with Gasteiger partial charge in [0.15, 0.2) is 0 Å². The van der Waals surface area contributed by atoms with Gasteiger partial charge in [0, 0.05) is 26.3 Å². The second kappa shape index (κ2) is 6.28. The van der Waals surface area contributed by atoms with Gasteiger partial charge < -0.3 is 10.2 Å². The number of carbonyl (C=O) groups excluding carboxylic acids is 1. The molecule has 0 aliphatic heterocycles. The monoisotopic (exact) mass is 234 g/mol.